The summed E-state index contributed by atoms with van der Waals surface area (Å²) in [4.78, 5) is 4.34. The molecule has 0 amide bonds. The SMILES string of the molecule is Cc1ccccc1C1(CNCc2cscn2)CCOCC1. The molecular weight excluding hydrogens is 280 g/mol. The molecule has 0 atom stereocenters. The van der Waals surface area contributed by atoms with Crippen LogP contribution in [0.25, 0.3) is 0 Å². The van der Waals surface area contributed by atoms with Gasteiger partial charge in [-0.05, 0) is 30.9 Å². The van der Waals surface area contributed by atoms with Crippen LogP contribution in [0.5, 0.6) is 0 Å². The van der Waals surface area contributed by atoms with Crippen molar-refractivity contribution in [2.75, 3.05) is 19.8 Å². The van der Waals surface area contributed by atoms with Crippen LogP contribution < -0.4 is 5.32 Å². The summed E-state index contributed by atoms with van der Waals surface area (Å²) in [5, 5.41) is 5.72. The van der Waals surface area contributed by atoms with Crippen molar-refractivity contribution in [3.63, 3.8) is 0 Å². The minimum Gasteiger partial charge on any atom is -0.381 e. The van der Waals surface area contributed by atoms with Gasteiger partial charge in [-0.2, -0.15) is 0 Å². The van der Waals surface area contributed by atoms with Gasteiger partial charge in [0.1, 0.15) is 0 Å². The maximum Gasteiger partial charge on any atom is 0.0795 e. The predicted molar refractivity (Wildman–Crippen MR) is 86.7 cm³/mol. The first kappa shape index (κ1) is 14.7. The van der Waals surface area contributed by atoms with Crippen molar-refractivity contribution < 1.29 is 4.74 Å². The third-order valence-corrected chi connectivity index (χ3v) is 5.05. The maximum absolute atomic E-state index is 5.60. The summed E-state index contributed by atoms with van der Waals surface area (Å²) in [6, 6.07) is 8.77. The molecule has 0 bridgehead atoms. The van der Waals surface area contributed by atoms with Crippen LogP contribution in [0.1, 0.15) is 29.7 Å². The van der Waals surface area contributed by atoms with E-state index in [0.29, 0.717) is 0 Å². The fraction of sp³-hybridized carbons (Fsp3) is 0.471. The molecule has 1 N–H and O–H groups in total. The van der Waals surface area contributed by atoms with Gasteiger partial charge in [0, 0.05) is 37.1 Å². The molecule has 2 heterocycles. The number of aryl methyl sites for hydroxylation is 1. The second kappa shape index (κ2) is 6.69. The third-order valence-electron chi connectivity index (χ3n) is 4.42. The number of nitrogens with one attached hydrogen (secondary N) is 1. The fourth-order valence-corrected chi connectivity index (χ4v) is 3.78. The lowest BCUT2D eigenvalue weighted by molar-refractivity contribution is 0.0495. The molecule has 21 heavy (non-hydrogen) atoms. The molecule has 0 saturated carbocycles. The Kier molecular flexibility index (Phi) is 4.68. The lowest BCUT2D eigenvalue weighted by Crippen LogP contribution is -2.43. The predicted octanol–water partition coefficient (Wildman–Crippen LogP) is 3.29. The normalized spacial score (nSPS) is 17.8. The molecule has 1 aliphatic rings. The van der Waals surface area contributed by atoms with Crippen LogP contribution in [-0.4, -0.2) is 24.7 Å². The van der Waals surface area contributed by atoms with Crippen LogP contribution in [0.3, 0.4) is 0 Å². The molecule has 0 radical (unpaired) electrons. The van der Waals surface area contributed by atoms with E-state index in [9.17, 15) is 0 Å². The summed E-state index contributed by atoms with van der Waals surface area (Å²) >= 11 is 1.65. The van der Waals surface area contributed by atoms with Crippen molar-refractivity contribution in [2.24, 2.45) is 0 Å². The molecule has 0 spiro atoms. The van der Waals surface area contributed by atoms with Crippen LogP contribution >= 0.6 is 11.3 Å². The van der Waals surface area contributed by atoms with Gasteiger partial charge in [-0.1, -0.05) is 24.3 Å². The van der Waals surface area contributed by atoms with Crippen molar-refractivity contribution in [1.29, 1.82) is 0 Å². The van der Waals surface area contributed by atoms with Crippen molar-refractivity contribution in [3.8, 4) is 0 Å². The Morgan fingerprint density at radius 3 is 2.81 bits per heavy atom. The standard InChI is InChI=1S/C17H22N2OS/c1-14-4-2-3-5-16(14)17(6-8-20-9-7-17)12-18-10-15-11-21-13-19-15/h2-5,11,13,18H,6-10,12H2,1H3. The Morgan fingerprint density at radius 1 is 1.29 bits per heavy atom. The van der Waals surface area contributed by atoms with Gasteiger partial charge in [-0.3, -0.25) is 0 Å². The summed E-state index contributed by atoms with van der Waals surface area (Å²) in [5.41, 5.74) is 6.07. The highest BCUT2D eigenvalue weighted by atomic mass is 32.1. The Balaban J connectivity index is 1.75. The Hall–Kier alpha value is -1.23. The number of aromatic nitrogens is 1. The van der Waals surface area contributed by atoms with Crippen LogP contribution in [0.4, 0.5) is 0 Å². The summed E-state index contributed by atoms with van der Waals surface area (Å²) in [6.45, 7) is 5.75. The molecule has 112 valence electrons. The van der Waals surface area contributed by atoms with E-state index >= 15 is 0 Å². The minimum absolute atomic E-state index is 0.194. The number of benzene rings is 1. The van der Waals surface area contributed by atoms with Crippen molar-refractivity contribution in [3.05, 3.63) is 52.0 Å². The van der Waals surface area contributed by atoms with E-state index in [-0.39, 0.29) is 5.41 Å². The van der Waals surface area contributed by atoms with Gasteiger partial charge in [0.05, 0.1) is 11.2 Å². The number of hydrogen-bond donors (Lipinski definition) is 1. The molecule has 0 aliphatic carbocycles. The maximum atomic E-state index is 5.60. The third kappa shape index (κ3) is 3.34. The smallest absolute Gasteiger partial charge is 0.0795 e. The van der Waals surface area contributed by atoms with Crippen molar-refractivity contribution in [2.45, 2.75) is 31.7 Å². The lowest BCUT2D eigenvalue weighted by atomic mass is 9.72. The molecule has 0 unspecified atom stereocenters. The fourth-order valence-electron chi connectivity index (χ4n) is 3.23. The minimum atomic E-state index is 0.194. The molecule has 1 saturated heterocycles. The van der Waals surface area contributed by atoms with Crippen LogP contribution in [0.2, 0.25) is 0 Å². The highest BCUT2D eigenvalue weighted by molar-refractivity contribution is 7.07. The monoisotopic (exact) mass is 302 g/mol. The van der Waals surface area contributed by atoms with E-state index in [4.69, 9.17) is 4.74 Å². The second-order valence-corrected chi connectivity index (χ2v) is 6.51. The summed E-state index contributed by atoms with van der Waals surface area (Å²) < 4.78 is 5.60. The molecule has 4 heteroatoms. The molecule has 1 aliphatic heterocycles. The molecule has 2 aromatic rings. The van der Waals surface area contributed by atoms with Crippen LogP contribution in [0.15, 0.2) is 35.2 Å². The highest BCUT2D eigenvalue weighted by Gasteiger charge is 2.35. The topological polar surface area (TPSA) is 34.2 Å². The molecule has 3 rings (SSSR count). The lowest BCUT2D eigenvalue weighted by Gasteiger charge is -2.39. The zero-order valence-corrected chi connectivity index (χ0v) is 13.3. The molecule has 1 aromatic carbocycles. The van der Waals surface area contributed by atoms with Gasteiger partial charge in [-0.25, -0.2) is 4.98 Å². The molecule has 3 nitrogen and oxygen atoms in total. The number of hydrogen-bond acceptors (Lipinski definition) is 4. The van der Waals surface area contributed by atoms with Gasteiger partial charge in [0.15, 0.2) is 0 Å². The average molecular weight is 302 g/mol. The van der Waals surface area contributed by atoms with Gasteiger partial charge in [0.25, 0.3) is 0 Å². The number of thiazole rings is 1. The largest absolute Gasteiger partial charge is 0.381 e. The molecular formula is C17H22N2OS. The van der Waals surface area contributed by atoms with Gasteiger partial charge in [-0.15, -0.1) is 11.3 Å². The number of nitrogens with zero attached hydrogens (tertiary/aromatic N) is 1. The number of ether oxygens (including phenoxy) is 1. The first-order chi connectivity index (χ1) is 10.3. The van der Waals surface area contributed by atoms with E-state index in [1.165, 1.54) is 11.1 Å². The zero-order chi connectivity index (χ0) is 14.5. The van der Waals surface area contributed by atoms with E-state index in [0.717, 1.165) is 44.8 Å². The van der Waals surface area contributed by atoms with E-state index in [1.54, 1.807) is 11.3 Å². The highest BCUT2D eigenvalue weighted by Crippen LogP contribution is 2.36. The Bertz CT molecular complexity index is 562. The van der Waals surface area contributed by atoms with Gasteiger partial charge < -0.3 is 10.1 Å². The zero-order valence-electron chi connectivity index (χ0n) is 12.5. The van der Waals surface area contributed by atoms with Crippen LogP contribution in [-0.2, 0) is 16.7 Å². The average Bonchev–Trinajstić information content (AvgIpc) is 3.02. The van der Waals surface area contributed by atoms with Crippen LogP contribution in [0, 0.1) is 6.92 Å². The summed E-state index contributed by atoms with van der Waals surface area (Å²) in [7, 11) is 0. The summed E-state index contributed by atoms with van der Waals surface area (Å²) in [5.74, 6) is 0. The molecule has 1 aromatic heterocycles. The van der Waals surface area contributed by atoms with E-state index in [1.807, 2.05) is 5.51 Å². The first-order valence-corrected chi connectivity index (χ1v) is 8.46. The molecule has 1 fully saturated rings. The van der Waals surface area contributed by atoms with Crippen molar-refractivity contribution in [1.82, 2.24) is 10.3 Å². The van der Waals surface area contributed by atoms with Gasteiger partial charge in [0.2, 0.25) is 0 Å². The van der Waals surface area contributed by atoms with E-state index in [2.05, 4.69) is 46.9 Å². The van der Waals surface area contributed by atoms with Gasteiger partial charge >= 0.3 is 0 Å². The number of rotatable bonds is 5. The summed E-state index contributed by atoms with van der Waals surface area (Å²) in [6.07, 6.45) is 2.17. The Morgan fingerprint density at radius 2 is 2.10 bits per heavy atom. The quantitative estimate of drug-likeness (QED) is 0.920. The second-order valence-electron chi connectivity index (χ2n) is 5.79. The Labute approximate surface area is 130 Å². The van der Waals surface area contributed by atoms with E-state index < -0.39 is 0 Å². The van der Waals surface area contributed by atoms with Crippen molar-refractivity contribution >= 4 is 11.3 Å². The first-order valence-electron chi connectivity index (χ1n) is 7.52.